The Hall–Kier alpha value is -1.10. The standard InChI is InChI=1S/C15H27N3O2/c1-3-17-13(19)12-8-7-11-18(12)15(14(20)16-2)9-5-4-6-10-15/h12H,3-11H2,1-2H3,(H,16,20)(H,17,19)/t12-/m0/s1. The van der Waals surface area contributed by atoms with Crippen molar-refractivity contribution in [3.63, 3.8) is 0 Å². The molecule has 0 spiro atoms. The van der Waals surface area contributed by atoms with Crippen molar-refractivity contribution < 1.29 is 9.59 Å². The number of hydrogen-bond donors (Lipinski definition) is 2. The van der Waals surface area contributed by atoms with Crippen LogP contribution in [0.2, 0.25) is 0 Å². The van der Waals surface area contributed by atoms with E-state index < -0.39 is 5.54 Å². The summed E-state index contributed by atoms with van der Waals surface area (Å²) in [6.45, 7) is 3.44. The van der Waals surface area contributed by atoms with Crippen LogP contribution in [0.4, 0.5) is 0 Å². The first-order valence-corrected chi connectivity index (χ1v) is 7.92. The lowest BCUT2D eigenvalue weighted by atomic mass is 9.79. The predicted octanol–water partition coefficient (Wildman–Crippen LogP) is 1.04. The molecule has 2 rings (SSSR count). The number of amides is 2. The second kappa shape index (κ2) is 6.57. The fourth-order valence-electron chi connectivity index (χ4n) is 3.86. The first-order valence-electron chi connectivity index (χ1n) is 7.92. The molecule has 114 valence electrons. The highest BCUT2D eigenvalue weighted by atomic mass is 16.2. The highest BCUT2D eigenvalue weighted by Gasteiger charge is 2.49. The van der Waals surface area contributed by atoms with Gasteiger partial charge in [-0.15, -0.1) is 0 Å². The normalized spacial score (nSPS) is 26.2. The topological polar surface area (TPSA) is 61.4 Å². The molecular weight excluding hydrogens is 254 g/mol. The van der Waals surface area contributed by atoms with Crippen LogP contribution >= 0.6 is 0 Å². The molecule has 0 bridgehead atoms. The Morgan fingerprint density at radius 3 is 2.50 bits per heavy atom. The molecule has 1 saturated heterocycles. The fraction of sp³-hybridized carbons (Fsp3) is 0.867. The van der Waals surface area contributed by atoms with Crippen molar-refractivity contribution in [3.05, 3.63) is 0 Å². The summed E-state index contributed by atoms with van der Waals surface area (Å²) in [5, 5.41) is 5.75. The number of carbonyl (C=O) groups excluding carboxylic acids is 2. The molecule has 1 atom stereocenters. The third-order valence-corrected chi connectivity index (χ3v) is 4.79. The van der Waals surface area contributed by atoms with Gasteiger partial charge in [-0.1, -0.05) is 19.3 Å². The first-order chi connectivity index (χ1) is 9.65. The van der Waals surface area contributed by atoms with Crippen LogP contribution in [0.1, 0.15) is 51.9 Å². The maximum atomic E-state index is 12.5. The first kappa shape index (κ1) is 15.3. The number of likely N-dealkylation sites (N-methyl/N-ethyl adjacent to an activating group) is 2. The minimum absolute atomic E-state index is 0.0823. The Bertz CT molecular complexity index is 364. The summed E-state index contributed by atoms with van der Waals surface area (Å²) in [6.07, 6.45) is 6.97. The molecule has 2 N–H and O–H groups in total. The zero-order chi connectivity index (χ0) is 14.6. The maximum absolute atomic E-state index is 12.5. The highest BCUT2D eigenvalue weighted by Crippen LogP contribution is 2.38. The highest BCUT2D eigenvalue weighted by molar-refractivity contribution is 5.88. The van der Waals surface area contributed by atoms with Gasteiger partial charge < -0.3 is 10.6 Å². The summed E-state index contributed by atoms with van der Waals surface area (Å²) in [5.41, 5.74) is -0.459. The van der Waals surface area contributed by atoms with E-state index in [0.717, 1.165) is 45.1 Å². The average Bonchev–Trinajstić information content (AvgIpc) is 2.97. The van der Waals surface area contributed by atoms with Gasteiger partial charge in [0.1, 0.15) is 5.54 Å². The Balaban J connectivity index is 2.23. The van der Waals surface area contributed by atoms with E-state index in [1.54, 1.807) is 7.05 Å². The minimum atomic E-state index is -0.459. The van der Waals surface area contributed by atoms with Crippen LogP contribution in [0, 0.1) is 0 Å². The second-order valence-electron chi connectivity index (χ2n) is 5.92. The van der Waals surface area contributed by atoms with Crippen LogP contribution in [0.15, 0.2) is 0 Å². The Morgan fingerprint density at radius 2 is 1.90 bits per heavy atom. The van der Waals surface area contributed by atoms with E-state index in [1.807, 2.05) is 6.92 Å². The molecule has 0 aromatic rings. The number of hydrogen-bond acceptors (Lipinski definition) is 3. The van der Waals surface area contributed by atoms with Crippen LogP contribution in [-0.2, 0) is 9.59 Å². The van der Waals surface area contributed by atoms with Crippen molar-refractivity contribution in [2.24, 2.45) is 0 Å². The summed E-state index contributed by atoms with van der Waals surface area (Å²) >= 11 is 0. The van der Waals surface area contributed by atoms with Gasteiger partial charge in [-0.25, -0.2) is 0 Å². The van der Waals surface area contributed by atoms with E-state index in [0.29, 0.717) is 6.54 Å². The smallest absolute Gasteiger partial charge is 0.240 e. The molecular formula is C15H27N3O2. The van der Waals surface area contributed by atoms with Gasteiger partial charge in [-0.2, -0.15) is 0 Å². The van der Waals surface area contributed by atoms with E-state index in [4.69, 9.17) is 0 Å². The SMILES string of the molecule is CCNC(=O)[C@@H]1CCCN1C1(C(=O)NC)CCCCC1. The van der Waals surface area contributed by atoms with Crippen molar-refractivity contribution in [1.29, 1.82) is 0 Å². The monoisotopic (exact) mass is 281 g/mol. The van der Waals surface area contributed by atoms with Crippen LogP contribution in [0.3, 0.4) is 0 Å². The van der Waals surface area contributed by atoms with E-state index in [2.05, 4.69) is 15.5 Å². The molecule has 2 amide bonds. The largest absolute Gasteiger partial charge is 0.358 e. The van der Waals surface area contributed by atoms with Gasteiger partial charge >= 0.3 is 0 Å². The summed E-state index contributed by atoms with van der Waals surface area (Å²) in [4.78, 5) is 27.0. The quantitative estimate of drug-likeness (QED) is 0.809. The number of rotatable bonds is 4. The zero-order valence-corrected chi connectivity index (χ0v) is 12.7. The molecule has 0 aromatic heterocycles. The predicted molar refractivity (Wildman–Crippen MR) is 78.3 cm³/mol. The molecule has 5 nitrogen and oxygen atoms in total. The van der Waals surface area contributed by atoms with Gasteiger partial charge in [0.05, 0.1) is 6.04 Å². The van der Waals surface area contributed by atoms with Gasteiger partial charge in [-0.05, 0) is 32.6 Å². The Kier molecular flexibility index (Phi) is 5.02. The number of carbonyl (C=O) groups is 2. The van der Waals surface area contributed by atoms with Gasteiger partial charge in [-0.3, -0.25) is 14.5 Å². The molecule has 2 aliphatic rings. The van der Waals surface area contributed by atoms with E-state index in [9.17, 15) is 9.59 Å². The molecule has 2 fully saturated rings. The van der Waals surface area contributed by atoms with E-state index in [-0.39, 0.29) is 17.9 Å². The van der Waals surface area contributed by atoms with Crippen LogP contribution in [0.25, 0.3) is 0 Å². The number of nitrogens with one attached hydrogen (secondary N) is 2. The van der Waals surface area contributed by atoms with Crippen LogP contribution in [-0.4, -0.2) is 48.4 Å². The third-order valence-electron chi connectivity index (χ3n) is 4.79. The molecule has 0 radical (unpaired) electrons. The van der Waals surface area contributed by atoms with Crippen LogP contribution in [0.5, 0.6) is 0 Å². The van der Waals surface area contributed by atoms with Crippen molar-refractivity contribution in [2.45, 2.75) is 63.5 Å². The van der Waals surface area contributed by atoms with E-state index >= 15 is 0 Å². The van der Waals surface area contributed by atoms with Gasteiger partial charge in [0.2, 0.25) is 11.8 Å². The zero-order valence-electron chi connectivity index (χ0n) is 12.7. The van der Waals surface area contributed by atoms with E-state index in [1.165, 1.54) is 6.42 Å². The molecule has 1 heterocycles. The molecule has 0 unspecified atom stereocenters. The Morgan fingerprint density at radius 1 is 1.20 bits per heavy atom. The van der Waals surface area contributed by atoms with Crippen molar-refractivity contribution >= 4 is 11.8 Å². The van der Waals surface area contributed by atoms with Crippen molar-refractivity contribution in [1.82, 2.24) is 15.5 Å². The lowest BCUT2D eigenvalue weighted by Gasteiger charge is -2.45. The van der Waals surface area contributed by atoms with Gasteiger partial charge in [0.25, 0.3) is 0 Å². The maximum Gasteiger partial charge on any atom is 0.240 e. The molecule has 0 aromatic carbocycles. The number of likely N-dealkylation sites (tertiary alicyclic amines) is 1. The molecule has 1 aliphatic heterocycles. The number of nitrogens with zero attached hydrogens (tertiary/aromatic N) is 1. The van der Waals surface area contributed by atoms with Crippen LogP contribution < -0.4 is 10.6 Å². The Labute approximate surface area is 121 Å². The fourth-order valence-corrected chi connectivity index (χ4v) is 3.86. The third kappa shape index (κ3) is 2.68. The molecule has 1 saturated carbocycles. The average molecular weight is 281 g/mol. The summed E-state index contributed by atoms with van der Waals surface area (Å²) in [7, 11) is 1.70. The minimum Gasteiger partial charge on any atom is -0.358 e. The lowest BCUT2D eigenvalue weighted by Crippen LogP contribution is -2.62. The molecule has 1 aliphatic carbocycles. The van der Waals surface area contributed by atoms with Gasteiger partial charge in [0.15, 0.2) is 0 Å². The summed E-state index contributed by atoms with van der Waals surface area (Å²) < 4.78 is 0. The second-order valence-corrected chi connectivity index (χ2v) is 5.92. The van der Waals surface area contributed by atoms with Crippen molar-refractivity contribution in [2.75, 3.05) is 20.1 Å². The van der Waals surface area contributed by atoms with Crippen molar-refractivity contribution in [3.8, 4) is 0 Å². The summed E-state index contributed by atoms with van der Waals surface area (Å²) in [6, 6.07) is -0.134. The molecule has 5 heteroatoms. The molecule has 20 heavy (non-hydrogen) atoms. The summed E-state index contributed by atoms with van der Waals surface area (Å²) in [5.74, 6) is 0.173. The van der Waals surface area contributed by atoms with Gasteiger partial charge in [0, 0.05) is 20.1 Å². The lowest BCUT2D eigenvalue weighted by molar-refractivity contribution is -0.140.